The van der Waals surface area contributed by atoms with Crippen molar-refractivity contribution in [1.29, 1.82) is 0 Å². The molecule has 82 valence electrons. The summed E-state index contributed by atoms with van der Waals surface area (Å²) in [6.07, 6.45) is 0. The molecule has 0 unspecified atom stereocenters. The zero-order valence-corrected chi connectivity index (χ0v) is 13.8. The van der Waals surface area contributed by atoms with E-state index in [1.54, 1.807) is 10.4 Å². The van der Waals surface area contributed by atoms with Crippen LogP contribution in [0, 0.1) is 0 Å². The molecular weight excluding hydrogens is 228 g/mol. The van der Waals surface area contributed by atoms with Gasteiger partial charge in [-0.1, -0.05) is 73.9 Å². The summed E-state index contributed by atoms with van der Waals surface area (Å²) in [5.41, 5.74) is 0. The molecule has 2 rings (SSSR count). The predicted octanol–water partition coefficient (Wildman–Crippen LogP) is 2.40. The molecule has 0 nitrogen and oxygen atoms in total. The van der Waals surface area contributed by atoms with Crippen molar-refractivity contribution in [3.8, 4) is 0 Å². The summed E-state index contributed by atoms with van der Waals surface area (Å²) in [7, 11) is -3.27. The van der Waals surface area contributed by atoms with Crippen LogP contribution in [-0.2, 0) is 0 Å². The molecule has 1 aromatic carbocycles. The summed E-state index contributed by atoms with van der Waals surface area (Å²) >= 11 is 0. The Balaban J connectivity index is 2.78. The van der Waals surface area contributed by atoms with Crippen LogP contribution in [0.4, 0.5) is 0 Å². The molecule has 1 aliphatic heterocycles. The van der Waals surface area contributed by atoms with Crippen LogP contribution < -0.4 is 10.4 Å². The molecule has 15 heavy (non-hydrogen) atoms. The quantitative estimate of drug-likeness (QED) is 0.620. The Labute approximate surface area is 96.3 Å². The zero-order chi connectivity index (χ0) is 11.5. The van der Waals surface area contributed by atoms with Crippen molar-refractivity contribution in [3.63, 3.8) is 0 Å². The molecule has 0 radical (unpaired) electrons. The van der Waals surface area contributed by atoms with Crippen molar-refractivity contribution >= 4 is 32.7 Å². The van der Waals surface area contributed by atoms with Crippen LogP contribution >= 0.6 is 0 Å². The lowest BCUT2D eigenvalue weighted by Gasteiger charge is -2.40. The number of benzene rings is 1. The van der Waals surface area contributed by atoms with Gasteiger partial charge in [-0.05, 0) is 0 Å². The molecule has 0 saturated carbocycles. The topological polar surface area (TPSA) is 0 Å². The van der Waals surface area contributed by atoms with Gasteiger partial charge < -0.3 is 0 Å². The molecule has 0 saturated heterocycles. The average molecular weight is 251 g/mol. The first kappa shape index (κ1) is 11.4. The van der Waals surface area contributed by atoms with Crippen LogP contribution in [0.1, 0.15) is 0 Å². The Kier molecular flexibility index (Phi) is 2.24. The third-order valence-corrected chi connectivity index (χ3v) is 47.1. The molecular formula is C12H22Si3. The van der Waals surface area contributed by atoms with E-state index in [-0.39, 0.29) is 0 Å². The van der Waals surface area contributed by atoms with Gasteiger partial charge in [0.1, 0.15) is 0 Å². The van der Waals surface area contributed by atoms with Gasteiger partial charge in [-0.15, -0.1) is 0 Å². The van der Waals surface area contributed by atoms with Gasteiger partial charge in [0.05, 0.1) is 15.2 Å². The smallest absolute Gasteiger partial charge is 0.0716 e. The van der Waals surface area contributed by atoms with Crippen LogP contribution in [0.5, 0.6) is 0 Å². The zero-order valence-electron chi connectivity index (χ0n) is 10.8. The van der Waals surface area contributed by atoms with E-state index in [1.165, 1.54) is 0 Å². The lowest BCUT2D eigenvalue weighted by molar-refractivity contribution is 1.76. The Bertz CT molecular complexity index is 368. The monoisotopic (exact) mass is 250 g/mol. The second kappa shape index (κ2) is 2.96. The Hall–Kier alpha value is -0.129. The summed E-state index contributed by atoms with van der Waals surface area (Å²) in [6, 6.07) is 9.35. The van der Waals surface area contributed by atoms with E-state index in [2.05, 4.69) is 63.5 Å². The summed E-state index contributed by atoms with van der Waals surface area (Å²) in [5.74, 6) is 0. The lowest BCUT2D eigenvalue weighted by Crippen LogP contribution is -2.68. The molecule has 1 heterocycles. The van der Waals surface area contributed by atoms with Crippen molar-refractivity contribution < 1.29 is 0 Å². The van der Waals surface area contributed by atoms with Gasteiger partial charge >= 0.3 is 0 Å². The van der Waals surface area contributed by atoms with Gasteiger partial charge in [0.2, 0.25) is 0 Å². The van der Waals surface area contributed by atoms with Crippen molar-refractivity contribution in [2.75, 3.05) is 0 Å². The maximum atomic E-state index is 2.66. The fraction of sp³-hybridized carbons (Fsp3) is 0.500. The maximum Gasteiger partial charge on any atom is 0.0716 e. The molecule has 0 aliphatic carbocycles. The molecule has 0 bridgehead atoms. The van der Waals surface area contributed by atoms with Crippen LogP contribution in [0.15, 0.2) is 24.3 Å². The minimum atomic E-state index is -1.12. The molecule has 0 spiro atoms. The standard InChI is InChI=1S/C12H22Si3/c1-13(2)11-9-7-8-10-12(11)14(3,4)15(13,5)6/h7-10H,1-6H3. The number of hydrogen-bond acceptors (Lipinski definition) is 0. The maximum absolute atomic E-state index is 2.66. The molecule has 0 aromatic heterocycles. The van der Waals surface area contributed by atoms with Crippen molar-refractivity contribution in [3.05, 3.63) is 24.3 Å². The van der Waals surface area contributed by atoms with E-state index in [0.717, 1.165) is 0 Å². The lowest BCUT2D eigenvalue weighted by atomic mass is 10.4. The first-order valence-corrected chi connectivity index (χ1v) is 16.8. The van der Waals surface area contributed by atoms with E-state index in [4.69, 9.17) is 0 Å². The van der Waals surface area contributed by atoms with Crippen LogP contribution in [0.25, 0.3) is 0 Å². The first-order chi connectivity index (χ1) is 6.73. The van der Waals surface area contributed by atoms with Gasteiger partial charge in [0, 0.05) is 7.11 Å². The Morgan fingerprint density at radius 2 is 1.00 bits per heavy atom. The van der Waals surface area contributed by atoms with E-state index in [0.29, 0.717) is 0 Å². The normalized spacial score (nSPS) is 24.9. The third-order valence-electron chi connectivity index (χ3n) is 5.40. The fourth-order valence-corrected chi connectivity index (χ4v) is 37.6. The van der Waals surface area contributed by atoms with Gasteiger partial charge in [0.15, 0.2) is 0 Å². The highest BCUT2D eigenvalue weighted by Crippen LogP contribution is 2.33. The van der Waals surface area contributed by atoms with E-state index in [1.807, 2.05) is 0 Å². The molecule has 1 aromatic rings. The second-order valence-corrected chi connectivity index (χ2v) is 33.7. The minimum Gasteiger partial charge on any atom is -0.0725 e. The van der Waals surface area contributed by atoms with Gasteiger partial charge in [0.25, 0.3) is 0 Å². The van der Waals surface area contributed by atoms with Crippen LogP contribution in [0.3, 0.4) is 0 Å². The highest BCUT2D eigenvalue weighted by molar-refractivity contribution is 7.76. The van der Waals surface area contributed by atoms with Crippen molar-refractivity contribution in [2.24, 2.45) is 0 Å². The highest BCUT2D eigenvalue weighted by atomic mass is 29.6. The summed E-state index contributed by atoms with van der Waals surface area (Å²) < 4.78 is 0. The summed E-state index contributed by atoms with van der Waals surface area (Å²) in [5, 5.41) is 3.58. The van der Waals surface area contributed by atoms with E-state index in [9.17, 15) is 0 Å². The number of rotatable bonds is 0. The van der Waals surface area contributed by atoms with Gasteiger partial charge in [-0.3, -0.25) is 0 Å². The van der Waals surface area contributed by atoms with Gasteiger partial charge in [-0.2, -0.15) is 0 Å². The largest absolute Gasteiger partial charge is 0.0725 e. The molecule has 0 atom stereocenters. The van der Waals surface area contributed by atoms with E-state index < -0.39 is 22.3 Å². The SMILES string of the molecule is C[Si]1(C)c2ccccc2[Si](C)(C)[Si]1(C)C. The molecule has 1 aliphatic rings. The average Bonchev–Trinajstić information content (AvgIpc) is 2.26. The number of hydrogen-bond donors (Lipinski definition) is 0. The third kappa shape index (κ3) is 1.17. The molecule has 0 fully saturated rings. The number of fused-ring (bicyclic) bond motifs is 1. The Morgan fingerprint density at radius 1 is 0.667 bits per heavy atom. The van der Waals surface area contributed by atoms with Gasteiger partial charge in [-0.25, -0.2) is 0 Å². The fourth-order valence-electron chi connectivity index (χ4n) is 3.03. The van der Waals surface area contributed by atoms with Crippen LogP contribution in [-0.4, -0.2) is 22.3 Å². The molecule has 0 N–H and O–H groups in total. The second-order valence-electron chi connectivity index (χ2n) is 6.42. The first-order valence-electron chi connectivity index (χ1n) is 5.83. The Morgan fingerprint density at radius 3 is 1.33 bits per heavy atom. The summed E-state index contributed by atoms with van der Waals surface area (Å²) in [4.78, 5) is 0. The predicted molar refractivity (Wildman–Crippen MR) is 78.2 cm³/mol. The van der Waals surface area contributed by atoms with Crippen LogP contribution in [0.2, 0.25) is 39.3 Å². The van der Waals surface area contributed by atoms with Crippen molar-refractivity contribution in [1.82, 2.24) is 0 Å². The highest BCUT2D eigenvalue weighted by Gasteiger charge is 2.60. The molecule has 3 heteroatoms. The minimum absolute atomic E-state index is 1.02. The summed E-state index contributed by atoms with van der Waals surface area (Å²) in [6.45, 7) is 15.8. The van der Waals surface area contributed by atoms with E-state index >= 15 is 0 Å². The van der Waals surface area contributed by atoms with Crippen molar-refractivity contribution in [2.45, 2.75) is 39.3 Å². The molecule has 0 amide bonds.